The molecule has 0 aliphatic rings. The number of halogens is 5. The smallest absolute Gasteiger partial charge is 0.408 e. The highest BCUT2D eigenvalue weighted by Crippen LogP contribution is 2.24. The van der Waals surface area contributed by atoms with E-state index in [0.29, 0.717) is 5.56 Å². The summed E-state index contributed by atoms with van der Waals surface area (Å²) in [6.45, 7) is 4.04. The van der Waals surface area contributed by atoms with Crippen LogP contribution in [0.1, 0.15) is 44.7 Å². The molecule has 0 heterocycles. The zero-order chi connectivity index (χ0) is 33.9. The van der Waals surface area contributed by atoms with Gasteiger partial charge in [0.25, 0.3) is 5.96 Å². The maximum Gasteiger partial charge on any atom is 0.408 e. The number of ether oxygens (including phenoxy) is 2. The zero-order valence-electron chi connectivity index (χ0n) is 24.3. The largest absolute Gasteiger partial charge is 0.459 e. The highest BCUT2D eigenvalue weighted by molar-refractivity contribution is 5.89. The van der Waals surface area contributed by atoms with Crippen LogP contribution in [0.4, 0.5) is 26.7 Å². The summed E-state index contributed by atoms with van der Waals surface area (Å²) in [5, 5.41) is 13.9. The molecule has 0 radical (unpaired) electrons. The molecule has 45 heavy (non-hydrogen) atoms. The number of nitrogens with one attached hydrogen (secondary N) is 3. The minimum Gasteiger partial charge on any atom is -0.459 e. The van der Waals surface area contributed by atoms with Crippen LogP contribution in [-0.4, -0.2) is 53.2 Å². The predicted octanol–water partition coefficient (Wildman–Crippen LogP) is 2.92. The number of alkyl carbamates (subject to hydrolysis) is 1. The Morgan fingerprint density at radius 2 is 1.53 bits per heavy atom. The van der Waals surface area contributed by atoms with Gasteiger partial charge in [-0.05, 0) is 39.2 Å². The number of hydrogen-bond donors (Lipinski definition) is 4. The second-order valence-electron chi connectivity index (χ2n) is 10.4. The van der Waals surface area contributed by atoms with Crippen molar-refractivity contribution in [2.45, 2.75) is 64.3 Å². The topological polar surface area (TPSA) is 187 Å². The molecule has 0 saturated carbocycles. The molecule has 0 aliphatic carbocycles. The van der Waals surface area contributed by atoms with E-state index in [2.05, 4.69) is 15.6 Å². The van der Waals surface area contributed by atoms with Gasteiger partial charge in [0, 0.05) is 18.5 Å². The molecule has 2 rings (SSSR count). The SMILES string of the molecule is CC(C)(C)OC(=O)N[C@@H](CCCN=C(N)N[N+](=O)[O-])C(=O)N[C@@H](Cc1c(F)c(F)c(F)c(F)c1F)C(=O)OCc1ccccc1. The van der Waals surface area contributed by atoms with Gasteiger partial charge in [-0.2, -0.15) is 0 Å². The monoisotopic (exact) mass is 646 g/mol. The quantitative estimate of drug-likeness (QED) is 0.0292. The van der Waals surface area contributed by atoms with Crippen LogP contribution in [0, 0.1) is 39.2 Å². The van der Waals surface area contributed by atoms with Gasteiger partial charge >= 0.3 is 12.1 Å². The van der Waals surface area contributed by atoms with E-state index in [1.54, 1.807) is 35.8 Å². The fourth-order valence-corrected chi connectivity index (χ4v) is 3.67. The summed E-state index contributed by atoms with van der Waals surface area (Å²) in [7, 11) is 0. The van der Waals surface area contributed by atoms with Gasteiger partial charge in [0.15, 0.2) is 28.3 Å². The van der Waals surface area contributed by atoms with Crippen molar-refractivity contribution in [1.82, 2.24) is 16.1 Å². The van der Waals surface area contributed by atoms with Crippen LogP contribution in [0.5, 0.6) is 0 Å². The van der Waals surface area contributed by atoms with Crippen molar-refractivity contribution in [1.29, 1.82) is 0 Å². The van der Waals surface area contributed by atoms with Gasteiger partial charge in [0.1, 0.15) is 24.3 Å². The standard InChI is InChI=1S/C27H31F5N6O7/c1-27(2,3)45-26(41)36-16(10-7-11-34-25(33)37-38(42)43)23(39)35-17(24(40)44-13-14-8-5-4-6-9-14)12-15-18(28)20(30)22(32)21(31)19(15)29/h4-6,8-9,16-17H,7,10-13H2,1-3H3,(H,35,39)(H,36,41)(H3,33,34,37)/t16-,17-/m0/s1. The minimum atomic E-state index is -2.42. The lowest BCUT2D eigenvalue weighted by Crippen LogP contribution is -2.53. The van der Waals surface area contributed by atoms with Crippen molar-refractivity contribution in [3.63, 3.8) is 0 Å². The summed E-state index contributed by atoms with van der Waals surface area (Å²) in [5.74, 6) is -14.4. The average Bonchev–Trinajstić information content (AvgIpc) is 2.96. The summed E-state index contributed by atoms with van der Waals surface area (Å²) >= 11 is 0. The fraction of sp³-hybridized carbons (Fsp3) is 0.407. The molecule has 0 bridgehead atoms. The second kappa shape index (κ2) is 16.2. The van der Waals surface area contributed by atoms with Gasteiger partial charge in [0.2, 0.25) is 11.7 Å². The molecule has 2 aromatic carbocycles. The van der Waals surface area contributed by atoms with E-state index < -0.39 is 87.7 Å². The molecule has 0 saturated heterocycles. The molecule has 0 spiro atoms. The summed E-state index contributed by atoms with van der Waals surface area (Å²) in [4.78, 5) is 52.9. The number of guanidine groups is 1. The Balaban J connectivity index is 2.36. The number of carbonyl (C=O) groups is 3. The molecule has 5 N–H and O–H groups in total. The first-order valence-corrected chi connectivity index (χ1v) is 13.2. The number of benzene rings is 2. The van der Waals surface area contributed by atoms with Gasteiger partial charge in [0.05, 0.1) is 0 Å². The van der Waals surface area contributed by atoms with Gasteiger partial charge in [-0.25, -0.2) is 46.6 Å². The molecular weight excluding hydrogens is 615 g/mol. The Hall–Kier alpha value is -5.03. The Morgan fingerprint density at radius 1 is 0.956 bits per heavy atom. The van der Waals surface area contributed by atoms with E-state index >= 15 is 0 Å². The van der Waals surface area contributed by atoms with Crippen LogP contribution in [0.15, 0.2) is 35.3 Å². The summed E-state index contributed by atoms with van der Waals surface area (Å²) < 4.78 is 80.8. The van der Waals surface area contributed by atoms with Gasteiger partial charge in [-0.15, -0.1) is 0 Å². The number of esters is 1. The lowest BCUT2D eigenvalue weighted by molar-refractivity contribution is -0.525. The number of aliphatic imine (C=N–C) groups is 1. The third-order valence-corrected chi connectivity index (χ3v) is 5.68. The third-order valence-electron chi connectivity index (χ3n) is 5.68. The van der Waals surface area contributed by atoms with Crippen molar-refractivity contribution in [3.8, 4) is 0 Å². The average molecular weight is 647 g/mol. The number of nitrogens with two attached hydrogens (primary N) is 1. The van der Waals surface area contributed by atoms with Crippen molar-refractivity contribution >= 4 is 23.9 Å². The lowest BCUT2D eigenvalue weighted by Gasteiger charge is -2.25. The van der Waals surface area contributed by atoms with Crippen LogP contribution in [-0.2, 0) is 32.1 Å². The Morgan fingerprint density at radius 3 is 2.09 bits per heavy atom. The van der Waals surface area contributed by atoms with E-state index in [9.17, 15) is 46.5 Å². The number of rotatable bonds is 13. The number of amides is 2. The first-order valence-electron chi connectivity index (χ1n) is 13.2. The van der Waals surface area contributed by atoms with Crippen LogP contribution < -0.4 is 21.8 Å². The normalized spacial score (nSPS) is 12.9. The Bertz CT molecular complexity index is 1390. The Labute approximate surface area is 253 Å². The first kappa shape index (κ1) is 36.2. The molecule has 13 nitrogen and oxygen atoms in total. The number of hydrazine groups is 1. The van der Waals surface area contributed by atoms with Crippen molar-refractivity contribution in [3.05, 3.63) is 80.7 Å². The maximum atomic E-state index is 14.5. The molecule has 2 atom stereocenters. The molecule has 0 aliphatic heterocycles. The highest BCUT2D eigenvalue weighted by Gasteiger charge is 2.33. The van der Waals surface area contributed by atoms with Gasteiger partial charge < -0.3 is 25.8 Å². The van der Waals surface area contributed by atoms with Crippen LogP contribution >= 0.6 is 0 Å². The van der Waals surface area contributed by atoms with Gasteiger partial charge in [-0.3, -0.25) is 4.79 Å². The molecule has 246 valence electrons. The molecule has 0 unspecified atom stereocenters. The minimum absolute atomic E-state index is 0.0330. The molecule has 18 heteroatoms. The highest BCUT2D eigenvalue weighted by atomic mass is 19.2. The molecule has 0 aromatic heterocycles. The Kier molecular flexibility index (Phi) is 13.0. The summed E-state index contributed by atoms with van der Waals surface area (Å²) in [6, 6.07) is 4.54. The predicted molar refractivity (Wildman–Crippen MR) is 147 cm³/mol. The summed E-state index contributed by atoms with van der Waals surface area (Å²) in [6.07, 6.45) is -2.58. The maximum absolute atomic E-state index is 14.5. The van der Waals surface area contributed by atoms with Crippen molar-refractivity contribution in [2.24, 2.45) is 10.7 Å². The number of nitrogens with zero attached hydrogens (tertiary/aromatic N) is 2. The van der Waals surface area contributed by atoms with Crippen LogP contribution in [0.2, 0.25) is 0 Å². The van der Waals surface area contributed by atoms with Gasteiger partial charge in [-0.1, -0.05) is 35.8 Å². The fourth-order valence-electron chi connectivity index (χ4n) is 3.67. The molecule has 2 aromatic rings. The lowest BCUT2D eigenvalue weighted by atomic mass is 10.0. The van der Waals surface area contributed by atoms with E-state index in [1.807, 2.05) is 0 Å². The van der Waals surface area contributed by atoms with Crippen molar-refractivity contribution < 1.29 is 50.8 Å². The second-order valence-corrected chi connectivity index (χ2v) is 10.4. The number of nitro groups is 1. The molecule has 0 fully saturated rings. The number of carbonyl (C=O) groups excluding carboxylic acids is 3. The van der Waals surface area contributed by atoms with E-state index in [-0.39, 0.29) is 26.0 Å². The van der Waals surface area contributed by atoms with Crippen molar-refractivity contribution in [2.75, 3.05) is 6.54 Å². The first-order chi connectivity index (χ1) is 21.0. The summed E-state index contributed by atoms with van der Waals surface area (Å²) in [5.41, 5.74) is 5.02. The zero-order valence-corrected chi connectivity index (χ0v) is 24.3. The number of hydrogen-bond acceptors (Lipinski definition) is 8. The van der Waals surface area contributed by atoms with Crippen LogP contribution in [0.25, 0.3) is 0 Å². The van der Waals surface area contributed by atoms with E-state index in [0.717, 1.165) is 0 Å². The van der Waals surface area contributed by atoms with Crippen LogP contribution in [0.3, 0.4) is 0 Å². The third kappa shape index (κ3) is 11.5. The van der Waals surface area contributed by atoms with E-state index in [1.165, 1.54) is 20.8 Å². The molecule has 2 amide bonds. The van der Waals surface area contributed by atoms with E-state index in [4.69, 9.17) is 15.2 Å². The molecular formula is C27H31F5N6O7.